The summed E-state index contributed by atoms with van der Waals surface area (Å²) in [5.74, 6) is 0. The van der Waals surface area contributed by atoms with E-state index in [2.05, 4.69) is 9.71 Å². The van der Waals surface area contributed by atoms with Crippen molar-refractivity contribution in [3.05, 3.63) is 29.1 Å². The number of urea groups is 1. The minimum Gasteiger partial charge on any atom is -0.325 e. The highest BCUT2D eigenvalue weighted by atomic mass is 35.5. The zero-order valence-electron chi connectivity index (χ0n) is 13.7. The van der Waals surface area contributed by atoms with Crippen LogP contribution < -0.4 is 4.72 Å². The Bertz CT molecular complexity index is 705. The SMILES string of the molecule is CS(=O)(=O)NCc1cncc2c1CCN(C(=O)N1CCCC1)C2.Cl. The Kier molecular flexibility index (Phi) is 6.06. The van der Waals surface area contributed by atoms with Crippen molar-refractivity contribution in [2.45, 2.75) is 32.4 Å². The highest BCUT2D eigenvalue weighted by Gasteiger charge is 2.27. The summed E-state index contributed by atoms with van der Waals surface area (Å²) in [6, 6.07) is 0.104. The van der Waals surface area contributed by atoms with Crippen molar-refractivity contribution in [1.82, 2.24) is 19.5 Å². The van der Waals surface area contributed by atoms with E-state index in [1.54, 1.807) is 12.4 Å². The number of carbonyl (C=O) groups is 1. The molecule has 2 amide bonds. The molecule has 1 fully saturated rings. The predicted molar refractivity (Wildman–Crippen MR) is 93.5 cm³/mol. The predicted octanol–water partition coefficient (Wildman–Crippen LogP) is 1.13. The summed E-state index contributed by atoms with van der Waals surface area (Å²) in [7, 11) is -3.23. The first-order valence-corrected chi connectivity index (χ1v) is 9.76. The quantitative estimate of drug-likeness (QED) is 0.859. The van der Waals surface area contributed by atoms with E-state index in [1.165, 1.54) is 0 Å². The normalized spacial score (nSPS) is 17.4. The Hall–Kier alpha value is -1.38. The molecule has 1 saturated heterocycles. The first-order valence-electron chi connectivity index (χ1n) is 7.87. The van der Waals surface area contributed by atoms with Crippen molar-refractivity contribution >= 4 is 28.5 Å². The fourth-order valence-corrected chi connectivity index (χ4v) is 3.62. The lowest BCUT2D eigenvalue weighted by Gasteiger charge is -2.32. The zero-order valence-corrected chi connectivity index (χ0v) is 15.3. The van der Waals surface area contributed by atoms with E-state index in [0.29, 0.717) is 13.1 Å². The molecule has 24 heavy (non-hydrogen) atoms. The van der Waals surface area contributed by atoms with Crippen LogP contribution in [0, 0.1) is 0 Å². The molecule has 134 valence electrons. The molecule has 0 aliphatic carbocycles. The molecule has 0 unspecified atom stereocenters. The standard InChI is InChI=1S/C15H22N4O3S.ClH/c1-23(21,22)17-10-12-8-16-9-13-11-19(7-4-14(12)13)15(20)18-5-2-3-6-18;/h8-9,17H,2-7,10-11H2,1H3;1H. The third-order valence-electron chi connectivity index (χ3n) is 4.40. The molecule has 3 rings (SSSR count). The van der Waals surface area contributed by atoms with Gasteiger partial charge >= 0.3 is 6.03 Å². The number of rotatable bonds is 3. The monoisotopic (exact) mass is 374 g/mol. The number of nitrogens with zero attached hydrogens (tertiary/aromatic N) is 3. The van der Waals surface area contributed by atoms with Crippen LogP contribution in [-0.2, 0) is 29.5 Å². The molecule has 1 aromatic heterocycles. The lowest BCUT2D eigenvalue weighted by Crippen LogP contribution is -2.44. The molecule has 0 spiro atoms. The van der Waals surface area contributed by atoms with E-state index < -0.39 is 10.0 Å². The molecule has 7 nitrogen and oxygen atoms in total. The molecular formula is C15H23ClN4O3S. The molecule has 0 bridgehead atoms. The molecule has 0 aromatic carbocycles. The van der Waals surface area contributed by atoms with E-state index in [4.69, 9.17) is 0 Å². The second-order valence-electron chi connectivity index (χ2n) is 6.18. The van der Waals surface area contributed by atoms with E-state index >= 15 is 0 Å². The number of halogens is 1. The number of carbonyl (C=O) groups excluding carboxylic acids is 1. The van der Waals surface area contributed by atoms with Crippen molar-refractivity contribution in [3.63, 3.8) is 0 Å². The minimum absolute atomic E-state index is 0. The number of likely N-dealkylation sites (tertiary alicyclic amines) is 1. The summed E-state index contributed by atoms with van der Waals surface area (Å²) in [5.41, 5.74) is 3.01. The first-order chi connectivity index (χ1) is 10.9. The van der Waals surface area contributed by atoms with Gasteiger partial charge in [0.1, 0.15) is 0 Å². The summed E-state index contributed by atoms with van der Waals surface area (Å²) in [4.78, 5) is 20.5. The maximum Gasteiger partial charge on any atom is 0.320 e. The van der Waals surface area contributed by atoms with Crippen LogP contribution in [0.5, 0.6) is 0 Å². The third-order valence-corrected chi connectivity index (χ3v) is 5.07. The van der Waals surface area contributed by atoms with Crippen molar-refractivity contribution in [3.8, 4) is 0 Å². The number of amides is 2. The van der Waals surface area contributed by atoms with Crippen LogP contribution in [0.3, 0.4) is 0 Å². The summed E-state index contributed by atoms with van der Waals surface area (Å²) >= 11 is 0. The topological polar surface area (TPSA) is 82.6 Å². The van der Waals surface area contributed by atoms with Gasteiger partial charge in [-0.1, -0.05) is 0 Å². The van der Waals surface area contributed by atoms with Gasteiger partial charge in [0.15, 0.2) is 0 Å². The van der Waals surface area contributed by atoms with Gasteiger partial charge in [-0.05, 0) is 36.0 Å². The van der Waals surface area contributed by atoms with E-state index in [1.807, 2.05) is 9.80 Å². The number of hydrogen-bond acceptors (Lipinski definition) is 4. The third kappa shape index (κ3) is 4.37. The van der Waals surface area contributed by atoms with Gasteiger partial charge in [-0.15, -0.1) is 12.4 Å². The van der Waals surface area contributed by atoms with Gasteiger partial charge in [0.05, 0.1) is 6.26 Å². The van der Waals surface area contributed by atoms with Crippen LogP contribution in [0.4, 0.5) is 4.79 Å². The Labute approximate surface area is 148 Å². The molecule has 3 heterocycles. The average Bonchev–Trinajstić information content (AvgIpc) is 3.05. The summed E-state index contributed by atoms with van der Waals surface area (Å²) in [6.07, 6.45) is 7.53. The van der Waals surface area contributed by atoms with Crippen LogP contribution in [0.15, 0.2) is 12.4 Å². The summed E-state index contributed by atoms with van der Waals surface area (Å²) < 4.78 is 25.1. The van der Waals surface area contributed by atoms with Crippen LogP contribution in [0.25, 0.3) is 0 Å². The van der Waals surface area contributed by atoms with Gasteiger partial charge in [0, 0.05) is 45.1 Å². The van der Waals surface area contributed by atoms with Crippen LogP contribution in [0.1, 0.15) is 29.5 Å². The smallest absolute Gasteiger partial charge is 0.320 e. The van der Waals surface area contributed by atoms with Gasteiger partial charge in [0.25, 0.3) is 0 Å². The van der Waals surface area contributed by atoms with E-state index in [9.17, 15) is 13.2 Å². The number of sulfonamides is 1. The molecule has 2 aliphatic heterocycles. The van der Waals surface area contributed by atoms with Crippen molar-refractivity contribution in [2.24, 2.45) is 0 Å². The van der Waals surface area contributed by atoms with Crippen molar-refractivity contribution in [1.29, 1.82) is 0 Å². The molecule has 9 heteroatoms. The van der Waals surface area contributed by atoms with E-state index in [0.717, 1.165) is 55.3 Å². The van der Waals surface area contributed by atoms with Crippen molar-refractivity contribution < 1.29 is 13.2 Å². The fourth-order valence-electron chi connectivity index (χ4n) is 3.20. The van der Waals surface area contributed by atoms with Gasteiger partial charge in [0.2, 0.25) is 10.0 Å². The number of hydrogen-bond donors (Lipinski definition) is 1. The number of fused-ring (bicyclic) bond motifs is 1. The molecule has 2 aliphatic rings. The lowest BCUT2D eigenvalue weighted by atomic mass is 9.97. The molecule has 0 saturated carbocycles. The molecule has 0 radical (unpaired) electrons. The van der Waals surface area contributed by atoms with Crippen molar-refractivity contribution in [2.75, 3.05) is 25.9 Å². The first kappa shape index (κ1) is 19.0. The molecule has 0 atom stereocenters. The molecule has 1 aromatic rings. The van der Waals surface area contributed by atoms with Gasteiger partial charge in [-0.3, -0.25) is 4.98 Å². The average molecular weight is 375 g/mol. The summed E-state index contributed by atoms with van der Waals surface area (Å²) in [5, 5.41) is 0. The van der Waals surface area contributed by atoms with Crippen LogP contribution >= 0.6 is 12.4 Å². The van der Waals surface area contributed by atoms with Crippen LogP contribution in [0.2, 0.25) is 0 Å². The Morgan fingerprint density at radius 3 is 2.58 bits per heavy atom. The lowest BCUT2D eigenvalue weighted by molar-refractivity contribution is 0.157. The molecule has 1 N–H and O–H groups in total. The Morgan fingerprint density at radius 2 is 1.92 bits per heavy atom. The number of pyridine rings is 1. The van der Waals surface area contributed by atoms with Gasteiger partial charge in [-0.25, -0.2) is 17.9 Å². The highest BCUT2D eigenvalue weighted by Crippen LogP contribution is 2.23. The summed E-state index contributed by atoms with van der Waals surface area (Å²) in [6.45, 7) is 3.15. The molecular weight excluding hydrogens is 352 g/mol. The van der Waals surface area contributed by atoms with E-state index in [-0.39, 0.29) is 25.0 Å². The number of nitrogens with one attached hydrogen (secondary N) is 1. The maximum atomic E-state index is 12.5. The Morgan fingerprint density at radius 1 is 1.21 bits per heavy atom. The largest absolute Gasteiger partial charge is 0.325 e. The maximum absolute atomic E-state index is 12.5. The van der Waals surface area contributed by atoms with Crippen LogP contribution in [-0.4, -0.2) is 55.1 Å². The second-order valence-corrected chi connectivity index (χ2v) is 8.01. The number of aromatic nitrogens is 1. The van der Waals surface area contributed by atoms with Gasteiger partial charge in [-0.2, -0.15) is 0 Å². The second kappa shape index (κ2) is 7.67. The van der Waals surface area contributed by atoms with Gasteiger partial charge < -0.3 is 9.80 Å². The fraction of sp³-hybridized carbons (Fsp3) is 0.600. The highest BCUT2D eigenvalue weighted by molar-refractivity contribution is 7.88. The Balaban J connectivity index is 0.00000208. The minimum atomic E-state index is -3.23. The zero-order chi connectivity index (χ0) is 16.4.